The van der Waals surface area contributed by atoms with Gasteiger partial charge in [-0.3, -0.25) is 0 Å². The van der Waals surface area contributed by atoms with Crippen LogP contribution < -0.4 is 9.46 Å². The standard InChI is InChI=1S/C14H20BrNO3S/c1-10-5-3-4-6-12(10)16-20(17,18)14-9-11(15)7-8-13(14)19-2/h7-10,12,16H,3-6H2,1-2H3/t10-,12+/m0/s1. The third kappa shape index (κ3) is 3.54. The Morgan fingerprint density at radius 1 is 1.30 bits per heavy atom. The second kappa shape index (κ2) is 6.45. The molecule has 0 saturated heterocycles. The van der Waals surface area contributed by atoms with Crippen LogP contribution in [0.25, 0.3) is 0 Å². The summed E-state index contributed by atoms with van der Waals surface area (Å²) in [5.74, 6) is 0.737. The highest BCUT2D eigenvalue weighted by molar-refractivity contribution is 9.10. The zero-order valence-electron chi connectivity index (χ0n) is 11.7. The third-order valence-corrected chi connectivity index (χ3v) is 5.84. The predicted molar refractivity (Wildman–Crippen MR) is 82.4 cm³/mol. The second-order valence-electron chi connectivity index (χ2n) is 5.28. The minimum Gasteiger partial charge on any atom is -0.495 e. The molecule has 1 aliphatic rings. The Bertz CT molecular complexity index is 574. The van der Waals surface area contributed by atoms with Gasteiger partial charge in [-0.2, -0.15) is 0 Å². The number of ether oxygens (including phenoxy) is 1. The molecule has 0 spiro atoms. The molecule has 1 aromatic carbocycles. The zero-order valence-corrected chi connectivity index (χ0v) is 14.1. The van der Waals surface area contributed by atoms with Gasteiger partial charge in [-0.05, 0) is 37.0 Å². The lowest BCUT2D eigenvalue weighted by Crippen LogP contribution is -2.41. The van der Waals surface area contributed by atoms with Crippen molar-refractivity contribution in [2.75, 3.05) is 7.11 Å². The van der Waals surface area contributed by atoms with E-state index in [9.17, 15) is 8.42 Å². The maximum Gasteiger partial charge on any atom is 0.244 e. The Hall–Kier alpha value is -0.590. The lowest BCUT2D eigenvalue weighted by atomic mass is 9.87. The smallest absolute Gasteiger partial charge is 0.244 e. The van der Waals surface area contributed by atoms with Crippen molar-refractivity contribution in [3.8, 4) is 5.75 Å². The van der Waals surface area contributed by atoms with Gasteiger partial charge in [-0.1, -0.05) is 35.7 Å². The lowest BCUT2D eigenvalue weighted by molar-refractivity contribution is 0.310. The molecule has 0 unspecified atom stereocenters. The van der Waals surface area contributed by atoms with Crippen LogP contribution >= 0.6 is 15.9 Å². The summed E-state index contributed by atoms with van der Waals surface area (Å²) in [6, 6.07) is 5.01. The second-order valence-corrected chi connectivity index (χ2v) is 7.88. The number of benzene rings is 1. The Kier molecular flexibility index (Phi) is 5.09. The molecule has 2 atom stereocenters. The van der Waals surface area contributed by atoms with E-state index in [0.717, 1.165) is 23.7 Å². The Labute approximate surface area is 129 Å². The van der Waals surface area contributed by atoms with E-state index in [2.05, 4.69) is 27.6 Å². The largest absolute Gasteiger partial charge is 0.495 e. The molecule has 6 heteroatoms. The Morgan fingerprint density at radius 3 is 2.65 bits per heavy atom. The Morgan fingerprint density at radius 2 is 2.00 bits per heavy atom. The van der Waals surface area contributed by atoms with E-state index in [-0.39, 0.29) is 10.9 Å². The van der Waals surface area contributed by atoms with Crippen LogP contribution in [0, 0.1) is 5.92 Å². The van der Waals surface area contributed by atoms with Gasteiger partial charge >= 0.3 is 0 Å². The normalized spacial score (nSPS) is 23.6. The average Bonchev–Trinajstić information content (AvgIpc) is 2.41. The van der Waals surface area contributed by atoms with Crippen LogP contribution in [0.3, 0.4) is 0 Å². The minimum atomic E-state index is -3.56. The first-order valence-corrected chi connectivity index (χ1v) is 9.07. The van der Waals surface area contributed by atoms with Crippen molar-refractivity contribution >= 4 is 26.0 Å². The van der Waals surface area contributed by atoms with E-state index < -0.39 is 10.0 Å². The molecule has 1 N–H and O–H groups in total. The molecule has 1 fully saturated rings. The monoisotopic (exact) mass is 361 g/mol. The number of halogens is 1. The molecule has 1 aromatic rings. The molecule has 0 radical (unpaired) electrons. The molecule has 20 heavy (non-hydrogen) atoms. The van der Waals surface area contributed by atoms with Gasteiger partial charge in [0.25, 0.3) is 0 Å². The van der Waals surface area contributed by atoms with Crippen LogP contribution in [0.4, 0.5) is 0 Å². The van der Waals surface area contributed by atoms with Gasteiger partial charge in [0.2, 0.25) is 10.0 Å². The van der Waals surface area contributed by atoms with Crippen molar-refractivity contribution < 1.29 is 13.2 Å². The first-order chi connectivity index (χ1) is 9.44. The van der Waals surface area contributed by atoms with Crippen LogP contribution in [-0.4, -0.2) is 21.6 Å². The van der Waals surface area contributed by atoms with E-state index in [1.54, 1.807) is 18.2 Å². The van der Waals surface area contributed by atoms with E-state index in [4.69, 9.17) is 4.74 Å². The lowest BCUT2D eigenvalue weighted by Gasteiger charge is -2.29. The van der Waals surface area contributed by atoms with E-state index in [0.29, 0.717) is 11.7 Å². The minimum absolute atomic E-state index is 0.0115. The number of methoxy groups -OCH3 is 1. The molecule has 2 rings (SSSR count). The molecule has 0 aromatic heterocycles. The van der Waals surface area contributed by atoms with E-state index in [1.807, 2.05) is 0 Å². The number of nitrogens with one attached hydrogen (secondary N) is 1. The molecule has 1 aliphatic carbocycles. The van der Waals surface area contributed by atoms with E-state index >= 15 is 0 Å². The summed E-state index contributed by atoms with van der Waals surface area (Å²) in [5.41, 5.74) is 0. The van der Waals surface area contributed by atoms with Gasteiger partial charge in [-0.25, -0.2) is 13.1 Å². The summed E-state index contributed by atoms with van der Waals surface area (Å²) in [6.45, 7) is 2.10. The fourth-order valence-corrected chi connectivity index (χ4v) is 4.70. The van der Waals surface area contributed by atoms with Gasteiger partial charge in [0.1, 0.15) is 10.6 Å². The fraction of sp³-hybridized carbons (Fsp3) is 0.571. The van der Waals surface area contributed by atoms with Gasteiger partial charge in [0, 0.05) is 10.5 Å². The van der Waals surface area contributed by atoms with Crippen LogP contribution in [-0.2, 0) is 10.0 Å². The maximum absolute atomic E-state index is 12.6. The van der Waals surface area contributed by atoms with Crippen molar-refractivity contribution in [1.82, 2.24) is 4.72 Å². The molecule has 0 aliphatic heterocycles. The maximum atomic E-state index is 12.6. The summed E-state index contributed by atoms with van der Waals surface area (Å²) in [7, 11) is -2.09. The number of hydrogen-bond donors (Lipinski definition) is 1. The zero-order chi connectivity index (χ0) is 14.8. The average molecular weight is 362 g/mol. The van der Waals surface area contributed by atoms with Crippen LogP contribution in [0.2, 0.25) is 0 Å². The van der Waals surface area contributed by atoms with Gasteiger partial charge in [0.05, 0.1) is 7.11 Å². The SMILES string of the molecule is COc1ccc(Br)cc1S(=O)(=O)N[C@@H]1CCCC[C@@H]1C. The molecular formula is C14H20BrNO3S. The number of sulfonamides is 1. The van der Waals surface area contributed by atoms with Crippen molar-refractivity contribution in [2.45, 2.75) is 43.5 Å². The molecule has 112 valence electrons. The molecule has 0 heterocycles. The number of hydrogen-bond acceptors (Lipinski definition) is 3. The Balaban J connectivity index is 2.28. The highest BCUT2D eigenvalue weighted by atomic mass is 79.9. The summed E-state index contributed by atoms with van der Waals surface area (Å²) < 4.78 is 33.8. The van der Waals surface area contributed by atoms with Gasteiger partial charge in [0.15, 0.2) is 0 Å². The van der Waals surface area contributed by atoms with Gasteiger partial charge in [-0.15, -0.1) is 0 Å². The fourth-order valence-electron chi connectivity index (χ4n) is 2.61. The van der Waals surface area contributed by atoms with Crippen LogP contribution in [0.15, 0.2) is 27.6 Å². The van der Waals surface area contributed by atoms with Crippen LogP contribution in [0.5, 0.6) is 5.75 Å². The van der Waals surface area contributed by atoms with Crippen LogP contribution in [0.1, 0.15) is 32.6 Å². The van der Waals surface area contributed by atoms with E-state index in [1.165, 1.54) is 13.5 Å². The third-order valence-electron chi connectivity index (χ3n) is 3.83. The molecule has 4 nitrogen and oxygen atoms in total. The summed E-state index contributed by atoms with van der Waals surface area (Å²) in [4.78, 5) is 0.187. The summed E-state index contributed by atoms with van der Waals surface area (Å²) in [5, 5.41) is 0. The molecular weight excluding hydrogens is 342 g/mol. The predicted octanol–water partition coefficient (Wildman–Crippen LogP) is 3.31. The first kappa shape index (κ1) is 15.8. The van der Waals surface area contributed by atoms with Crippen molar-refractivity contribution in [2.24, 2.45) is 5.92 Å². The summed E-state index contributed by atoms with van der Waals surface area (Å²) >= 11 is 3.31. The quantitative estimate of drug-likeness (QED) is 0.894. The highest BCUT2D eigenvalue weighted by Gasteiger charge is 2.28. The summed E-state index contributed by atoms with van der Waals surface area (Å²) in [6.07, 6.45) is 4.23. The van der Waals surface area contributed by atoms with Crippen molar-refractivity contribution in [3.05, 3.63) is 22.7 Å². The highest BCUT2D eigenvalue weighted by Crippen LogP contribution is 2.30. The number of rotatable bonds is 4. The molecule has 1 saturated carbocycles. The topological polar surface area (TPSA) is 55.4 Å². The van der Waals surface area contributed by atoms with Gasteiger partial charge < -0.3 is 4.74 Å². The van der Waals surface area contributed by atoms with Crippen molar-refractivity contribution in [3.63, 3.8) is 0 Å². The first-order valence-electron chi connectivity index (χ1n) is 6.80. The molecule has 0 bridgehead atoms. The van der Waals surface area contributed by atoms with Crippen molar-refractivity contribution in [1.29, 1.82) is 0 Å². The molecule has 0 amide bonds.